The van der Waals surface area contributed by atoms with Gasteiger partial charge in [-0.15, -0.1) is 0 Å². The lowest BCUT2D eigenvalue weighted by atomic mass is 9.90. The van der Waals surface area contributed by atoms with Crippen LogP contribution in [0.15, 0.2) is 42.1 Å². The lowest BCUT2D eigenvalue weighted by Crippen LogP contribution is -2.02. The molecule has 0 spiro atoms. The summed E-state index contributed by atoms with van der Waals surface area (Å²) in [5.41, 5.74) is 1.30. The second-order valence-corrected chi connectivity index (χ2v) is 3.63. The third kappa shape index (κ3) is 6.05. The molecule has 0 aromatic heterocycles. The summed E-state index contributed by atoms with van der Waals surface area (Å²) in [6.07, 6.45) is 12.2. The zero-order valence-corrected chi connectivity index (χ0v) is 10.1. The van der Waals surface area contributed by atoms with Crippen molar-refractivity contribution in [3.8, 4) is 0 Å². The predicted octanol–water partition coefficient (Wildman–Crippen LogP) is 4.53. The molecule has 15 heavy (non-hydrogen) atoms. The fourth-order valence-corrected chi connectivity index (χ4v) is 1.74. The molecule has 0 aromatic carbocycles. The zero-order chi connectivity index (χ0) is 11.5. The Morgan fingerprint density at radius 3 is 2.20 bits per heavy atom. The van der Waals surface area contributed by atoms with E-state index in [4.69, 9.17) is 0 Å². The normalized spacial score (nSPS) is 12.3. The minimum absolute atomic E-state index is 0.633. The Hall–Kier alpha value is -1.11. The summed E-state index contributed by atoms with van der Waals surface area (Å²) >= 11 is 0. The van der Waals surface area contributed by atoms with Crippen molar-refractivity contribution < 1.29 is 0 Å². The first kappa shape index (κ1) is 13.9. The van der Waals surface area contributed by atoms with Crippen LogP contribution < -0.4 is 0 Å². The number of aliphatic imine (C=N–C) groups is 1. The molecule has 0 bridgehead atoms. The predicted molar refractivity (Wildman–Crippen MR) is 70.3 cm³/mol. The Labute approximate surface area is 94.3 Å². The van der Waals surface area contributed by atoms with E-state index in [9.17, 15) is 0 Å². The molecule has 0 saturated heterocycles. The van der Waals surface area contributed by atoms with Crippen LogP contribution in [0, 0.1) is 5.92 Å². The quantitative estimate of drug-likeness (QED) is 0.408. The number of allylic oxidation sites excluding steroid dienone is 3. The Bertz CT molecular complexity index is 230. The van der Waals surface area contributed by atoms with E-state index in [0.717, 1.165) is 0 Å². The van der Waals surface area contributed by atoms with Gasteiger partial charge in [-0.1, -0.05) is 45.9 Å². The minimum atomic E-state index is 0.633. The monoisotopic (exact) mass is 205 g/mol. The Kier molecular flexibility index (Phi) is 8.75. The molecule has 1 heteroatoms. The number of nitrogens with zero attached hydrogens (tertiary/aromatic N) is 1. The summed E-state index contributed by atoms with van der Waals surface area (Å²) in [5.74, 6) is 0.633. The largest absolute Gasteiger partial charge is 0.265 e. The van der Waals surface area contributed by atoms with E-state index in [-0.39, 0.29) is 0 Å². The number of hydrogen-bond donors (Lipinski definition) is 0. The average molecular weight is 205 g/mol. The van der Waals surface area contributed by atoms with Crippen molar-refractivity contribution in [3.63, 3.8) is 0 Å². The van der Waals surface area contributed by atoms with E-state index < -0.39 is 0 Å². The van der Waals surface area contributed by atoms with Crippen LogP contribution in [-0.2, 0) is 0 Å². The second kappa shape index (κ2) is 9.45. The maximum Gasteiger partial charge on any atom is 0.0270 e. The summed E-state index contributed by atoms with van der Waals surface area (Å²) in [7, 11) is 0. The fraction of sp³-hybridized carbons (Fsp3) is 0.500. The summed E-state index contributed by atoms with van der Waals surface area (Å²) in [5, 5.41) is 0. The van der Waals surface area contributed by atoms with Gasteiger partial charge >= 0.3 is 0 Å². The van der Waals surface area contributed by atoms with Gasteiger partial charge in [-0.25, -0.2) is 0 Å². The van der Waals surface area contributed by atoms with Crippen LogP contribution in [0.5, 0.6) is 0 Å². The Morgan fingerprint density at radius 2 is 1.80 bits per heavy atom. The Balaban J connectivity index is 4.55. The van der Waals surface area contributed by atoms with Crippen LogP contribution in [0.3, 0.4) is 0 Å². The third-order valence-corrected chi connectivity index (χ3v) is 2.44. The van der Waals surface area contributed by atoms with Crippen molar-refractivity contribution in [1.82, 2.24) is 0 Å². The van der Waals surface area contributed by atoms with Gasteiger partial charge in [0.2, 0.25) is 0 Å². The van der Waals surface area contributed by atoms with Gasteiger partial charge in [0.15, 0.2) is 0 Å². The van der Waals surface area contributed by atoms with Crippen LogP contribution in [-0.4, -0.2) is 6.21 Å². The highest BCUT2D eigenvalue weighted by atomic mass is 14.6. The molecule has 0 rings (SSSR count). The highest BCUT2D eigenvalue weighted by Gasteiger charge is 2.08. The lowest BCUT2D eigenvalue weighted by molar-refractivity contribution is 0.513. The molecule has 0 aliphatic carbocycles. The maximum absolute atomic E-state index is 3.98. The molecule has 0 fully saturated rings. The lowest BCUT2D eigenvalue weighted by Gasteiger charge is -2.15. The molecule has 0 aromatic rings. The highest BCUT2D eigenvalue weighted by molar-refractivity contribution is 5.73. The zero-order valence-electron chi connectivity index (χ0n) is 10.1. The SMILES string of the molecule is C=C/N=C\C=C(/C=C)C(CCC)CCC. The van der Waals surface area contributed by atoms with Gasteiger partial charge in [-0.2, -0.15) is 0 Å². The van der Waals surface area contributed by atoms with Gasteiger partial charge in [0.05, 0.1) is 0 Å². The van der Waals surface area contributed by atoms with Crippen molar-refractivity contribution in [2.75, 3.05) is 0 Å². The van der Waals surface area contributed by atoms with E-state index in [2.05, 4.69) is 32.0 Å². The van der Waals surface area contributed by atoms with Gasteiger partial charge in [0, 0.05) is 12.4 Å². The first-order chi connectivity index (χ1) is 7.29. The van der Waals surface area contributed by atoms with Crippen molar-refractivity contribution in [3.05, 3.63) is 37.1 Å². The first-order valence-electron chi connectivity index (χ1n) is 5.76. The molecule has 0 heterocycles. The van der Waals surface area contributed by atoms with E-state index in [0.29, 0.717) is 5.92 Å². The topological polar surface area (TPSA) is 12.4 Å². The smallest absolute Gasteiger partial charge is 0.0270 e. The molecular weight excluding hydrogens is 182 g/mol. The molecule has 1 nitrogen and oxygen atoms in total. The third-order valence-electron chi connectivity index (χ3n) is 2.44. The number of hydrogen-bond acceptors (Lipinski definition) is 1. The minimum Gasteiger partial charge on any atom is -0.265 e. The van der Waals surface area contributed by atoms with Crippen LogP contribution in [0.1, 0.15) is 39.5 Å². The molecule has 0 N–H and O–H groups in total. The molecular formula is C14H23N. The van der Waals surface area contributed by atoms with Crippen LogP contribution >= 0.6 is 0 Å². The molecule has 0 atom stereocenters. The van der Waals surface area contributed by atoms with Gasteiger partial charge in [-0.3, -0.25) is 4.99 Å². The van der Waals surface area contributed by atoms with Crippen LogP contribution in [0.4, 0.5) is 0 Å². The van der Waals surface area contributed by atoms with Crippen molar-refractivity contribution in [2.24, 2.45) is 10.9 Å². The van der Waals surface area contributed by atoms with Crippen molar-refractivity contribution in [1.29, 1.82) is 0 Å². The van der Waals surface area contributed by atoms with E-state index in [1.807, 2.05) is 12.2 Å². The number of rotatable bonds is 8. The van der Waals surface area contributed by atoms with Crippen LogP contribution in [0.2, 0.25) is 0 Å². The van der Waals surface area contributed by atoms with E-state index in [1.165, 1.54) is 31.3 Å². The molecule has 0 amide bonds. The summed E-state index contributed by atoms with van der Waals surface area (Å²) in [4.78, 5) is 3.98. The average Bonchev–Trinajstić information content (AvgIpc) is 2.24. The summed E-state index contributed by atoms with van der Waals surface area (Å²) in [6.45, 7) is 11.9. The highest BCUT2D eigenvalue weighted by Crippen LogP contribution is 2.22. The first-order valence-corrected chi connectivity index (χ1v) is 5.76. The fourth-order valence-electron chi connectivity index (χ4n) is 1.74. The second-order valence-electron chi connectivity index (χ2n) is 3.63. The van der Waals surface area contributed by atoms with E-state index in [1.54, 1.807) is 12.4 Å². The molecule has 0 unspecified atom stereocenters. The summed E-state index contributed by atoms with van der Waals surface area (Å²) in [6, 6.07) is 0. The van der Waals surface area contributed by atoms with Gasteiger partial charge < -0.3 is 0 Å². The molecule has 0 aliphatic heterocycles. The van der Waals surface area contributed by atoms with Gasteiger partial charge in [-0.05, 0) is 30.4 Å². The molecule has 84 valence electrons. The molecule has 0 radical (unpaired) electrons. The molecule has 0 saturated carbocycles. The summed E-state index contributed by atoms with van der Waals surface area (Å²) < 4.78 is 0. The van der Waals surface area contributed by atoms with E-state index >= 15 is 0 Å². The van der Waals surface area contributed by atoms with Crippen molar-refractivity contribution in [2.45, 2.75) is 39.5 Å². The molecule has 0 aliphatic rings. The maximum atomic E-state index is 3.98. The van der Waals surface area contributed by atoms with Crippen molar-refractivity contribution >= 4 is 6.21 Å². The van der Waals surface area contributed by atoms with Crippen LogP contribution in [0.25, 0.3) is 0 Å². The Morgan fingerprint density at radius 1 is 1.20 bits per heavy atom. The van der Waals surface area contributed by atoms with Gasteiger partial charge in [0.1, 0.15) is 0 Å². The van der Waals surface area contributed by atoms with Gasteiger partial charge in [0.25, 0.3) is 0 Å². The standard InChI is InChI=1S/C14H23N/c1-5-9-14(10-6-2)13(7-3)11-12-15-8-4/h7-8,11-12,14H,3-6,9-10H2,1-2H3/b13-11+,15-12-.